The van der Waals surface area contributed by atoms with Gasteiger partial charge >= 0.3 is 0 Å². The molecule has 9 aromatic rings. The summed E-state index contributed by atoms with van der Waals surface area (Å²) in [6.45, 7) is 4.59. The smallest absolute Gasteiger partial charge is 0.160 e. The third-order valence-electron chi connectivity index (χ3n) is 9.97. The summed E-state index contributed by atoms with van der Waals surface area (Å²) < 4.78 is 5.05. The molecule has 6 aromatic carbocycles. The van der Waals surface area contributed by atoms with Gasteiger partial charge < -0.3 is 4.57 Å². The Bertz CT molecular complexity index is 2710. The van der Waals surface area contributed by atoms with Gasteiger partial charge in [-0.2, -0.15) is 0 Å². The molecule has 3 aromatic heterocycles. The highest BCUT2D eigenvalue weighted by Gasteiger charge is 2.40. The van der Waals surface area contributed by atoms with Crippen LogP contribution in [0.2, 0.25) is 0 Å². The SMILES string of the molecule is CC1(C)c2ccccc2-c2nc(-c3cccc(-n4c5ccccc5c5ccc6sc7ccccc7c6c54)c3)nc(-c3ccccc3)c21. The van der Waals surface area contributed by atoms with E-state index in [0.29, 0.717) is 0 Å². The predicted molar refractivity (Wildman–Crippen MR) is 198 cm³/mol. The van der Waals surface area contributed by atoms with Crippen molar-refractivity contribution in [2.75, 3.05) is 0 Å². The van der Waals surface area contributed by atoms with E-state index in [-0.39, 0.29) is 5.41 Å². The number of thiophene rings is 1. The van der Waals surface area contributed by atoms with E-state index in [2.05, 4.69) is 158 Å². The molecule has 0 spiro atoms. The largest absolute Gasteiger partial charge is 0.309 e. The van der Waals surface area contributed by atoms with E-state index in [1.807, 2.05) is 11.3 Å². The summed E-state index contributed by atoms with van der Waals surface area (Å²) in [5, 5.41) is 5.13. The number of nitrogens with zero attached hydrogens (tertiary/aromatic N) is 3. The van der Waals surface area contributed by atoms with E-state index in [1.54, 1.807) is 0 Å². The number of fused-ring (bicyclic) bond motifs is 10. The van der Waals surface area contributed by atoms with Crippen LogP contribution in [0, 0.1) is 0 Å². The van der Waals surface area contributed by atoms with Gasteiger partial charge in [-0.1, -0.05) is 123 Å². The lowest BCUT2D eigenvalue weighted by Gasteiger charge is -2.23. The van der Waals surface area contributed by atoms with Crippen molar-refractivity contribution in [3.05, 3.63) is 151 Å². The van der Waals surface area contributed by atoms with Gasteiger partial charge in [0.15, 0.2) is 5.82 Å². The lowest BCUT2D eigenvalue weighted by Crippen LogP contribution is -2.17. The Balaban J connectivity index is 1.26. The Morgan fingerprint density at radius 3 is 2.19 bits per heavy atom. The first-order valence-corrected chi connectivity index (χ1v) is 16.9. The van der Waals surface area contributed by atoms with Crippen molar-refractivity contribution >= 4 is 53.3 Å². The zero-order valence-corrected chi connectivity index (χ0v) is 26.8. The molecule has 3 nitrogen and oxygen atoms in total. The Morgan fingerprint density at radius 1 is 0.574 bits per heavy atom. The highest BCUT2D eigenvalue weighted by Crippen LogP contribution is 2.51. The molecule has 0 N–H and O–H groups in total. The second-order valence-electron chi connectivity index (χ2n) is 13.0. The van der Waals surface area contributed by atoms with Gasteiger partial charge in [0.05, 0.1) is 22.4 Å². The highest BCUT2D eigenvalue weighted by atomic mass is 32.1. The van der Waals surface area contributed by atoms with Crippen molar-refractivity contribution in [3.8, 4) is 39.6 Å². The summed E-state index contributed by atoms with van der Waals surface area (Å²) in [6.07, 6.45) is 0. The predicted octanol–water partition coefficient (Wildman–Crippen LogP) is 11.6. The summed E-state index contributed by atoms with van der Waals surface area (Å²) >= 11 is 1.86. The molecule has 10 rings (SSSR count). The topological polar surface area (TPSA) is 30.7 Å². The van der Waals surface area contributed by atoms with Crippen LogP contribution in [-0.4, -0.2) is 14.5 Å². The molecular weight excluding hydrogens is 591 g/mol. The fourth-order valence-corrected chi connectivity index (χ4v) is 8.98. The van der Waals surface area contributed by atoms with Crippen molar-refractivity contribution < 1.29 is 0 Å². The lowest BCUT2D eigenvalue weighted by molar-refractivity contribution is 0.658. The Labute approximate surface area is 276 Å². The molecule has 222 valence electrons. The second-order valence-corrected chi connectivity index (χ2v) is 14.1. The lowest BCUT2D eigenvalue weighted by atomic mass is 9.81. The highest BCUT2D eigenvalue weighted by molar-refractivity contribution is 7.26. The van der Waals surface area contributed by atoms with Crippen LogP contribution in [0.15, 0.2) is 140 Å². The molecule has 0 fully saturated rings. The normalized spacial score (nSPS) is 13.5. The number of hydrogen-bond acceptors (Lipinski definition) is 3. The first-order valence-electron chi connectivity index (χ1n) is 16.1. The van der Waals surface area contributed by atoms with E-state index in [1.165, 1.54) is 58.7 Å². The Kier molecular flexibility index (Phi) is 5.50. The van der Waals surface area contributed by atoms with Gasteiger partial charge in [-0.25, -0.2) is 9.97 Å². The molecule has 0 aliphatic heterocycles. The minimum atomic E-state index is -0.213. The monoisotopic (exact) mass is 619 g/mol. The molecule has 1 aliphatic carbocycles. The molecule has 0 saturated carbocycles. The van der Waals surface area contributed by atoms with Gasteiger partial charge in [0.1, 0.15) is 0 Å². The molecule has 0 atom stereocenters. The standard InChI is InChI=1S/C43H29N3S/c1-43(2)33-20-9-6-18-31(33)40-38(43)39(26-13-4-3-5-14-26)44-42(45-40)27-15-12-16-28(25-27)46-34-21-10-7-17-29(34)30-23-24-36-37(41(30)46)32-19-8-11-22-35(32)47-36/h3-25H,1-2H3. The molecule has 4 heteroatoms. The molecule has 0 radical (unpaired) electrons. The maximum Gasteiger partial charge on any atom is 0.160 e. The quantitative estimate of drug-likeness (QED) is 0.197. The van der Waals surface area contributed by atoms with E-state index in [0.717, 1.165) is 34.0 Å². The fourth-order valence-electron chi connectivity index (χ4n) is 7.87. The van der Waals surface area contributed by atoms with E-state index >= 15 is 0 Å². The number of para-hydroxylation sites is 1. The Morgan fingerprint density at radius 2 is 1.30 bits per heavy atom. The molecular formula is C43H29N3S. The maximum absolute atomic E-state index is 5.37. The van der Waals surface area contributed by atoms with Gasteiger partial charge in [-0.15, -0.1) is 11.3 Å². The molecule has 1 aliphatic rings. The number of benzene rings is 6. The summed E-state index contributed by atoms with van der Waals surface area (Å²) in [4.78, 5) is 10.7. The van der Waals surface area contributed by atoms with Crippen molar-refractivity contribution in [1.29, 1.82) is 0 Å². The number of hydrogen-bond donors (Lipinski definition) is 0. The summed E-state index contributed by atoms with van der Waals surface area (Å²) in [7, 11) is 0. The zero-order chi connectivity index (χ0) is 31.3. The van der Waals surface area contributed by atoms with Gasteiger partial charge in [0.25, 0.3) is 0 Å². The van der Waals surface area contributed by atoms with Crippen molar-refractivity contribution in [2.45, 2.75) is 19.3 Å². The number of rotatable bonds is 3. The molecule has 0 unspecified atom stereocenters. The average Bonchev–Trinajstić information content (AvgIpc) is 3.74. The van der Waals surface area contributed by atoms with E-state index in [9.17, 15) is 0 Å². The molecule has 3 heterocycles. The van der Waals surface area contributed by atoms with Crippen LogP contribution in [0.3, 0.4) is 0 Å². The van der Waals surface area contributed by atoms with Crippen LogP contribution < -0.4 is 0 Å². The van der Waals surface area contributed by atoms with E-state index in [4.69, 9.17) is 9.97 Å². The van der Waals surface area contributed by atoms with Gasteiger partial charge in [0, 0.05) is 64.3 Å². The minimum Gasteiger partial charge on any atom is -0.309 e. The van der Waals surface area contributed by atoms with Crippen LogP contribution in [0.4, 0.5) is 0 Å². The maximum atomic E-state index is 5.37. The van der Waals surface area contributed by atoms with Crippen molar-refractivity contribution in [2.24, 2.45) is 0 Å². The van der Waals surface area contributed by atoms with Crippen molar-refractivity contribution in [3.63, 3.8) is 0 Å². The van der Waals surface area contributed by atoms with E-state index < -0.39 is 0 Å². The number of aromatic nitrogens is 3. The first kappa shape index (κ1) is 26.6. The van der Waals surface area contributed by atoms with Crippen molar-refractivity contribution in [1.82, 2.24) is 14.5 Å². The van der Waals surface area contributed by atoms with Crippen LogP contribution in [0.25, 0.3) is 81.6 Å². The van der Waals surface area contributed by atoms with Gasteiger partial charge in [0.2, 0.25) is 0 Å². The van der Waals surface area contributed by atoms with Crippen LogP contribution in [0.5, 0.6) is 0 Å². The third kappa shape index (κ3) is 3.73. The van der Waals surface area contributed by atoms with Crippen LogP contribution in [0.1, 0.15) is 25.0 Å². The second kappa shape index (κ2) is 9.71. The Hall–Kier alpha value is -5.58. The van der Waals surface area contributed by atoms with Gasteiger partial charge in [-0.3, -0.25) is 0 Å². The summed E-state index contributed by atoms with van der Waals surface area (Å²) in [6, 6.07) is 50.2. The summed E-state index contributed by atoms with van der Waals surface area (Å²) in [5.74, 6) is 0.740. The first-order chi connectivity index (χ1) is 23.1. The molecule has 0 bridgehead atoms. The third-order valence-corrected chi connectivity index (χ3v) is 11.1. The molecule has 0 amide bonds. The average molecular weight is 620 g/mol. The zero-order valence-electron chi connectivity index (χ0n) is 26.0. The molecule has 0 saturated heterocycles. The van der Waals surface area contributed by atoms with Crippen LogP contribution >= 0.6 is 11.3 Å². The summed E-state index contributed by atoms with van der Waals surface area (Å²) in [5.41, 5.74) is 11.1. The minimum absolute atomic E-state index is 0.213. The fraction of sp³-hybridized carbons (Fsp3) is 0.0698. The van der Waals surface area contributed by atoms with Crippen LogP contribution in [-0.2, 0) is 5.41 Å². The van der Waals surface area contributed by atoms with Gasteiger partial charge in [-0.05, 0) is 35.9 Å². The molecule has 47 heavy (non-hydrogen) atoms.